The van der Waals surface area contributed by atoms with E-state index >= 15 is 0 Å². The number of carbonyl (C=O) groups excluding carboxylic acids is 1. The van der Waals surface area contributed by atoms with Gasteiger partial charge in [-0.15, -0.1) is 0 Å². The number of nitrogens with zero attached hydrogens (tertiary/aromatic N) is 2. The first-order chi connectivity index (χ1) is 14.1. The molecule has 30 heavy (non-hydrogen) atoms. The number of ether oxygens (including phenoxy) is 2. The Morgan fingerprint density at radius 2 is 1.97 bits per heavy atom. The number of sulfonamides is 1. The van der Waals surface area contributed by atoms with Crippen LogP contribution in [0.15, 0.2) is 36.4 Å². The number of hydrogen-bond donors (Lipinski definition) is 1. The van der Waals surface area contributed by atoms with Crippen LogP contribution in [-0.2, 0) is 14.8 Å². The van der Waals surface area contributed by atoms with Crippen molar-refractivity contribution in [2.45, 2.75) is 12.8 Å². The lowest BCUT2D eigenvalue weighted by Crippen LogP contribution is -2.31. The van der Waals surface area contributed by atoms with Gasteiger partial charge in [0.1, 0.15) is 0 Å². The van der Waals surface area contributed by atoms with Crippen molar-refractivity contribution in [3.8, 4) is 11.5 Å². The van der Waals surface area contributed by atoms with Crippen molar-refractivity contribution < 1.29 is 27.6 Å². The summed E-state index contributed by atoms with van der Waals surface area (Å²) in [6.07, 6.45) is 1.26. The molecule has 3 rings (SSSR count). The number of benzene rings is 2. The normalized spacial score (nSPS) is 12.5. The quantitative estimate of drug-likeness (QED) is 0.478. The van der Waals surface area contributed by atoms with E-state index in [1.807, 2.05) is 0 Å². The topological polar surface area (TPSA) is 128 Å². The molecule has 1 amide bonds. The van der Waals surface area contributed by atoms with Gasteiger partial charge < -0.3 is 14.8 Å². The van der Waals surface area contributed by atoms with Gasteiger partial charge in [-0.2, -0.15) is 0 Å². The molecule has 1 N–H and O–H groups in total. The van der Waals surface area contributed by atoms with E-state index in [1.165, 1.54) is 16.4 Å². The first-order valence-corrected chi connectivity index (χ1v) is 11.0. The molecule has 0 radical (unpaired) electrons. The highest BCUT2D eigenvalue weighted by molar-refractivity contribution is 7.92. The fourth-order valence-corrected chi connectivity index (χ4v) is 3.97. The fourth-order valence-electron chi connectivity index (χ4n) is 2.85. The van der Waals surface area contributed by atoms with Gasteiger partial charge in [0.25, 0.3) is 5.69 Å². The van der Waals surface area contributed by atoms with Gasteiger partial charge in [0.15, 0.2) is 11.5 Å². The van der Waals surface area contributed by atoms with E-state index in [-0.39, 0.29) is 42.6 Å². The van der Waals surface area contributed by atoms with E-state index < -0.39 is 20.9 Å². The zero-order valence-corrected chi connectivity index (χ0v) is 17.4. The summed E-state index contributed by atoms with van der Waals surface area (Å²) >= 11 is 5.97. The number of rotatable bonds is 8. The van der Waals surface area contributed by atoms with Crippen molar-refractivity contribution in [2.24, 2.45) is 0 Å². The van der Waals surface area contributed by atoms with Crippen LogP contribution in [0.3, 0.4) is 0 Å². The fraction of sp³-hybridized carbons (Fsp3) is 0.278. The number of anilines is 2. The number of nitrogens with one attached hydrogen (secondary N) is 1. The third-order valence-electron chi connectivity index (χ3n) is 4.24. The van der Waals surface area contributed by atoms with E-state index in [0.29, 0.717) is 17.2 Å². The Kier molecular flexibility index (Phi) is 6.32. The molecule has 2 aromatic carbocycles. The number of carbonyl (C=O) groups is 1. The Morgan fingerprint density at radius 1 is 1.23 bits per heavy atom. The molecule has 0 bridgehead atoms. The molecule has 1 aliphatic rings. The minimum atomic E-state index is -3.60. The van der Waals surface area contributed by atoms with Gasteiger partial charge in [0.2, 0.25) is 22.7 Å². The van der Waals surface area contributed by atoms with Gasteiger partial charge in [0.05, 0.1) is 27.6 Å². The van der Waals surface area contributed by atoms with Crippen molar-refractivity contribution >= 4 is 44.6 Å². The minimum Gasteiger partial charge on any atom is -0.454 e. The highest BCUT2D eigenvalue weighted by Gasteiger charge is 2.22. The summed E-state index contributed by atoms with van der Waals surface area (Å²) in [5.74, 6) is 0.524. The lowest BCUT2D eigenvalue weighted by atomic mass is 10.2. The SMILES string of the molecule is CS(=O)(=O)N(CCCC(=O)Nc1cc([N+](=O)[O-])ccc1Cl)c1ccc2c(c1)OCO2. The van der Waals surface area contributed by atoms with Crippen molar-refractivity contribution in [3.63, 3.8) is 0 Å². The predicted molar refractivity (Wildman–Crippen MR) is 111 cm³/mol. The van der Waals surface area contributed by atoms with Crippen LogP contribution in [0, 0.1) is 10.1 Å². The smallest absolute Gasteiger partial charge is 0.271 e. The molecule has 0 spiro atoms. The van der Waals surface area contributed by atoms with Gasteiger partial charge in [-0.1, -0.05) is 11.6 Å². The summed E-state index contributed by atoms with van der Waals surface area (Å²) in [4.78, 5) is 22.5. The maximum atomic E-state index is 12.2. The first kappa shape index (κ1) is 21.7. The Hall–Kier alpha value is -3.05. The third kappa shape index (κ3) is 5.10. The van der Waals surface area contributed by atoms with Gasteiger partial charge in [0, 0.05) is 31.2 Å². The zero-order chi connectivity index (χ0) is 21.9. The van der Waals surface area contributed by atoms with Crippen LogP contribution in [0.1, 0.15) is 12.8 Å². The van der Waals surface area contributed by atoms with E-state index in [1.54, 1.807) is 18.2 Å². The molecule has 1 heterocycles. The summed E-state index contributed by atoms with van der Waals surface area (Å²) in [6.45, 7) is 0.118. The molecule has 0 saturated heterocycles. The van der Waals surface area contributed by atoms with Crippen LogP contribution in [0.5, 0.6) is 11.5 Å². The van der Waals surface area contributed by atoms with Crippen LogP contribution in [-0.4, -0.2) is 38.8 Å². The Balaban J connectivity index is 1.64. The standard InChI is InChI=1S/C18H18ClN3O7S/c1-30(26,27)21(12-5-7-16-17(10-12)29-11-28-16)8-2-3-18(23)20-15-9-13(22(24)25)4-6-14(15)19/h4-7,9-10H,2-3,8,11H2,1H3,(H,20,23). The van der Waals surface area contributed by atoms with E-state index in [2.05, 4.69) is 5.32 Å². The summed E-state index contributed by atoms with van der Waals surface area (Å²) in [6, 6.07) is 8.49. The lowest BCUT2D eigenvalue weighted by molar-refractivity contribution is -0.384. The van der Waals surface area contributed by atoms with Crippen LogP contribution in [0.25, 0.3) is 0 Å². The Morgan fingerprint density at radius 3 is 2.67 bits per heavy atom. The predicted octanol–water partition coefficient (Wildman–Crippen LogP) is 3.16. The summed E-state index contributed by atoms with van der Waals surface area (Å²) < 4.78 is 36.1. The van der Waals surface area contributed by atoms with Crippen molar-refractivity contribution in [3.05, 3.63) is 51.5 Å². The van der Waals surface area contributed by atoms with Crippen LogP contribution >= 0.6 is 11.6 Å². The maximum Gasteiger partial charge on any atom is 0.271 e. The van der Waals surface area contributed by atoms with Crippen LogP contribution in [0.2, 0.25) is 5.02 Å². The molecule has 0 aliphatic carbocycles. The van der Waals surface area contributed by atoms with Crippen molar-refractivity contribution in [2.75, 3.05) is 29.2 Å². The zero-order valence-electron chi connectivity index (χ0n) is 15.8. The third-order valence-corrected chi connectivity index (χ3v) is 5.77. The van der Waals surface area contributed by atoms with Gasteiger partial charge in [-0.05, 0) is 24.6 Å². The van der Waals surface area contributed by atoms with Crippen LogP contribution < -0.4 is 19.1 Å². The molecule has 12 heteroatoms. The second kappa shape index (κ2) is 8.76. The van der Waals surface area contributed by atoms with Crippen molar-refractivity contribution in [1.82, 2.24) is 0 Å². The number of non-ortho nitro benzene ring substituents is 1. The van der Waals surface area contributed by atoms with Crippen molar-refractivity contribution in [1.29, 1.82) is 0 Å². The molecule has 0 saturated carbocycles. The highest BCUT2D eigenvalue weighted by Crippen LogP contribution is 2.36. The van der Waals surface area contributed by atoms with Gasteiger partial charge in [-0.25, -0.2) is 8.42 Å². The summed E-state index contributed by atoms with van der Waals surface area (Å²) in [5.41, 5.74) is 0.302. The number of amides is 1. The molecular weight excluding hydrogens is 438 g/mol. The average molecular weight is 456 g/mol. The second-order valence-corrected chi connectivity index (χ2v) is 8.76. The molecule has 0 unspecified atom stereocenters. The number of fused-ring (bicyclic) bond motifs is 1. The minimum absolute atomic E-state index is 0.0183. The number of nitro benzene ring substituents is 1. The Labute approximate surface area is 177 Å². The highest BCUT2D eigenvalue weighted by atomic mass is 35.5. The molecule has 2 aromatic rings. The first-order valence-electron chi connectivity index (χ1n) is 8.76. The van der Waals surface area contributed by atoms with Gasteiger partial charge >= 0.3 is 0 Å². The molecular formula is C18H18ClN3O7S. The van der Waals surface area contributed by atoms with E-state index in [9.17, 15) is 23.3 Å². The average Bonchev–Trinajstić information content (AvgIpc) is 3.13. The molecule has 0 atom stereocenters. The monoisotopic (exact) mass is 455 g/mol. The molecule has 0 fully saturated rings. The van der Waals surface area contributed by atoms with E-state index in [4.69, 9.17) is 21.1 Å². The van der Waals surface area contributed by atoms with Gasteiger partial charge in [-0.3, -0.25) is 19.2 Å². The van der Waals surface area contributed by atoms with E-state index in [0.717, 1.165) is 12.3 Å². The summed E-state index contributed by atoms with van der Waals surface area (Å²) in [7, 11) is -3.60. The molecule has 1 aliphatic heterocycles. The van der Waals surface area contributed by atoms with Crippen LogP contribution in [0.4, 0.5) is 17.1 Å². The Bertz CT molecular complexity index is 1090. The molecule has 160 valence electrons. The second-order valence-electron chi connectivity index (χ2n) is 6.45. The largest absolute Gasteiger partial charge is 0.454 e. The number of hydrogen-bond acceptors (Lipinski definition) is 7. The molecule has 0 aromatic heterocycles. The lowest BCUT2D eigenvalue weighted by Gasteiger charge is -2.22. The number of nitro groups is 1. The maximum absolute atomic E-state index is 12.2. The number of halogens is 1. The molecule has 10 nitrogen and oxygen atoms in total. The summed E-state index contributed by atoms with van der Waals surface area (Å²) in [5, 5.41) is 13.5.